The van der Waals surface area contributed by atoms with Gasteiger partial charge in [-0.3, -0.25) is 4.90 Å². The Bertz CT molecular complexity index is 385. The Kier molecular flexibility index (Phi) is 6.06. The first-order valence-electron chi connectivity index (χ1n) is 8.22. The molecule has 0 saturated carbocycles. The van der Waals surface area contributed by atoms with Crippen LogP contribution in [0.15, 0.2) is 24.3 Å². The Morgan fingerprint density at radius 3 is 2.70 bits per heavy atom. The second kappa shape index (κ2) is 7.80. The first-order chi connectivity index (χ1) is 9.69. The lowest BCUT2D eigenvalue weighted by Gasteiger charge is -2.37. The predicted molar refractivity (Wildman–Crippen MR) is 87.0 cm³/mol. The van der Waals surface area contributed by atoms with E-state index in [0.717, 1.165) is 19.1 Å². The summed E-state index contributed by atoms with van der Waals surface area (Å²) in [5.41, 5.74) is 2.81. The van der Waals surface area contributed by atoms with Crippen LogP contribution in [0.3, 0.4) is 0 Å². The number of hydrogen-bond acceptors (Lipinski definition) is 2. The molecule has 1 aliphatic rings. The second-order valence-electron chi connectivity index (χ2n) is 6.30. The smallest absolute Gasteiger partial charge is 0.0236 e. The van der Waals surface area contributed by atoms with E-state index < -0.39 is 0 Å². The summed E-state index contributed by atoms with van der Waals surface area (Å²) in [5, 5.41) is 3.56. The lowest BCUT2D eigenvalue weighted by Crippen LogP contribution is -2.43. The van der Waals surface area contributed by atoms with Gasteiger partial charge in [0, 0.05) is 18.6 Å². The van der Waals surface area contributed by atoms with Gasteiger partial charge in [-0.2, -0.15) is 0 Å². The highest BCUT2D eigenvalue weighted by Gasteiger charge is 2.23. The van der Waals surface area contributed by atoms with E-state index >= 15 is 0 Å². The van der Waals surface area contributed by atoms with Crippen molar-refractivity contribution in [3.63, 3.8) is 0 Å². The highest BCUT2D eigenvalue weighted by atomic mass is 15.2. The Balaban J connectivity index is 1.94. The van der Waals surface area contributed by atoms with Gasteiger partial charge in [-0.1, -0.05) is 43.2 Å². The van der Waals surface area contributed by atoms with Crippen LogP contribution in [0.2, 0.25) is 0 Å². The van der Waals surface area contributed by atoms with E-state index in [9.17, 15) is 0 Å². The molecule has 0 aliphatic carbocycles. The molecular weight excluding hydrogens is 244 g/mol. The molecule has 0 aromatic heterocycles. The quantitative estimate of drug-likeness (QED) is 0.850. The van der Waals surface area contributed by atoms with E-state index in [0.29, 0.717) is 6.04 Å². The number of aryl methyl sites for hydroxylation is 1. The molecule has 2 heteroatoms. The van der Waals surface area contributed by atoms with Crippen molar-refractivity contribution in [1.82, 2.24) is 10.2 Å². The Labute approximate surface area is 124 Å². The Hall–Kier alpha value is -0.860. The van der Waals surface area contributed by atoms with Crippen LogP contribution in [0, 0.1) is 6.92 Å². The summed E-state index contributed by atoms with van der Waals surface area (Å²) in [6.07, 6.45) is 5.40. The van der Waals surface area contributed by atoms with E-state index in [-0.39, 0.29) is 0 Å². The summed E-state index contributed by atoms with van der Waals surface area (Å²) < 4.78 is 0. The van der Waals surface area contributed by atoms with E-state index in [1.54, 1.807) is 0 Å². The minimum Gasteiger partial charge on any atom is -0.314 e. The van der Waals surface area contributed by atoms with Gasteiger partial charge < -0.3 is 5.32 Å². The number of benzene rings is 1. The minimum absolute atomic E-state index is 0.628. The van der Waals surface area contributed by atoms with Crippen LogP contribution in [0.25, 0.3) is 0 Å². The minimum atomic E-state index is 0.628. The zero-order valence-corrected chi connectivity index (χ0v) is 13.4. The number of rotatable bonds is 6. The number of nitrogens with zero attached hydrogens (tertiary/aromatic N) is 1. The number of nitrogens with one attached hydrogen (secondary N) is 1. The monoisotopic (exact) mass is 274 g/mol. The zero-order valence-electron chi connectivity index (χ0n) is 13.4. The maximum absolute atomic E-state index is 3.56. The molecule has 0 radical (unpaired) electrons. The normalized spacial score (nSPS) is 21.9. The number of likely N-dealkylation sites (tertiary alicyclic amines) is 1. The lowest BCUT2D eigenvalue weighted by atomic mass is 9.95. The SMILES string of the molecule is CCNC(C)CC1CCCCN1Cc1ccc(C)cc1. The van der Waals surface area contributed by atoms with Gasteiger partial charge in [0.05, 0.1) is 0 Å². The Morgan fingerprint density at radius 2 is 2.00 bits per heavy atom. The molecule has 1 aliphatic heterocycles. The molecule has 0 amide bonds. The lowest BCUT2D eigenvalue weighted by molar-refractivity contribution is 0.124. The summed E-state index contributed by atoms with van der Waals surface area (Å²) in [6.45, 7) is 10.1. The molecule has 1 N–H and O–H groups in total. The van der Waals surface area contributed by atoms with E-state index in [2.05, 4.69) is 55.3 Å². The fourth-order valence-electron chi connectivity index (χ4n) is 3.30. The zero-order chi connectivity index (χ0) is 14.4. The van der Waals surface area contributed by atoms with Gasteiger partial charge in [-0.15, -0.1) is 0 Å². The third kappa shape index (κ3) is 4.60. The van der Waals surface area contributed by atoms with Gasteiger partial charge in [0.25, 0.3) is 0 Å². The standard InChI is InChI=1S/C18H30N2/c1-4-19-16(3)13-18-7-5-6-12-20(18)14-17-10-8-15(2)9-11-17/h8-11,16,18-19H,4-7,12-14H2,1-3H3. The first-order valence-corrected chi connectivity index (χ1v) is 8.22. The molecule has 2 atom stereocenters. The number of piperidine rings is 1. The van der Waals surface area contributed by atoms with Crippen molar-refractivity contribution >= 4 is 0 Å². The number of hydrogen-bond donors (Lipinski definition) is 1. The molecule has 2 unspecified atom stereocenters. The van der Waals surface area contributed by atoms with Gasteiger partial charge >= 0.3 is 0 Å². The topological polar surface area (TPSA) is 15.3 Å². The third-order valence-electron chi connectivity index (χ3n) is 4.43. The fraction of sp³-hybridized carbons (Fsp3) is 0.667. The summed E-state index contributed by atoms with van der Waals surface area (Å²) in [7, 11) is 0. The predicted octanol–water partition coefficient (Wildman–Crippen LogP) is 3.74. The van der Waals surface area contributed by atoms with Crippen molar-refractivity contribution in [1.29, 1.82) is 0 Å². The molecule has 112 valence electrons. The van der Waals surface area contributed by atoms with Crippen molar-refractivity contribution in [3.05, 3.63) is 35.4 Å². The third-order valence-corrected chi connectivity index (χ3v) is 4.43. The molecule has 1 saturated heterocycles. The molecule has 20 heavy (non-hydrogen) atoms. The second-order valence-corrected chi connectivity index (χ2v) is 6.30. The van der Waals surface area contributed by atoms with Crippen LogP contribution in [0.1, 0.15) is 50.7 Å². The van der Waals surface area contributed by atoms with Gasteiger partial charge in [-0.25, -0.2) is 0 Å². The molecule has 2 nitrogen and oxygen atoms in total. The van der Waals surface area contributed by atoms with Crippen molar-refractivity contribution < 1.29 is 0 Å². The molecule has 1 heterocycles. The maximum atomic E-state index is 3.56. The van der Waals surface area contributed by atoms with Crippen molar-refractivity contribution in [2.45, 2.75) is 65.1 Å². The van der Waals surface area contributed by atoms with E-state index in [1.165, 1.54) is 43.4 Å². The first kappa shape index (κ1) is 15.5. The van der Waals surface area contributed by atoms with Crippen molar-refractivity contribution in [2.24, 2.45) is 0 Å². The average molecular weight is 274 g/mol. The van der Waals surface area contributed by atoms with Crippen LogP contribution < -0.4 is 5.32 Å². The van der Waals surface area contributed by atoms with Crippen LogP contribution >= 0.6 is 0 Å². The highest BCUT2D eigenvalue weighted by molar-refractivity contribution is 5.21. The summed E-state index contributed by atoms with van der Waals surface area (Å²) in [5.74, 6) is 0. The molecule has 0 bridgehead atoms. The summed E-state index contributed by atoms with van der Waals surface area (Å²) in [6, 6.07) is 10.4. The van der Waals surface area contributed by atoms with Crippen molar-refractivity contribution in [2.75, 3.05) is 13.1 Å². The van der Waals surface area contributed by atoms with Crippen LogP contribution in [-0.4, -0.2) is 30.1 Å². The maximum Gasteiger partial charge on any atom is 0.0236 e. The highest BCUT2D eigenvalue weighted by Crippen LogP contribution is 2.23. The molecule has 0 spiro atoms. The largest absolute Gasteiger partial charge is 0.314 e. The van der Waals surface area contributed by atoms with E-state index in [1.807, 2.05) is 0 Å². The average Bonchev–Trinajstić information content (AvgIpc) is 2.44. The van der Waals surface area contributed by atoms with Crippen molar-refractivity contribution in [3.8, 4) is 0 Å². The van der Waals surface area contributed by atoms with Gasteiger partial charge in [0.15, 0.2) is 0 Å². The van der Waals surface area contributed by atoms with Crippen LogP contribution in [-0.2, 0) is 6.54 Å². The summed E-state index contributed by atoms with van der Waals surface area (Å²) >= 11 is 0. The van der Waals surface area contributed by atoms with Crippen LogP contribution in [0.4, 0.5) is 0 Å². The summed E-state index contributed by atoms with van der Waals surface area (Å²) in [4.78, 5) is 2.70. The van der Waals surface area contributed by atoms with E-state index in [4.69, 9.17) is 0 Å². The molecular formula is C18H30N2. The van der Waals surface area contributed by atoms with Gasteiger partial charge in [0.2, 0.25) is 0 Å². The molecule has 1 aromatic carbocycles. The fourth-order valence-corrected chi connectivity index (χ4v) is 3.30. The van der Waals surface area contributed by atoms with Gasteiger partial charge in [-0.05, 0) is 51.8 Å². The van der Waals surface area contributed by atoms with Crippen LogP contribution in [0.5, 0.6) is 0 Å². The molecule has 1 aromatic rings. The van der Waals surface area contributed by atoms with Gasteiger partial charge in [0.1, 0.15) is 0 Å². The Morgan fingerprint density at radius 1 is 1.25 bits per heavy atom. The molecule has 1 fully saturated rings. The molecule has 2 rings (SSSR count).